The summed E-state index contributed by atoms with van der Waals surface area (Å²) in [6, 6.07) is 0. The highest BCUT2D eigenvalue weighted by molar-refractivity contribution is 6.59. The Hall–Kier alpha value is -0.433. The molecule has 0 aliphatic heterocycles. The van der Waals surface area contributed by atoms with Crippen LogP contribution in [0.25, 0.3) is 0 Å². The molecular formula is C6H14O5Si. The van der Waals surface area contributed by atoms with Crippen molar-refractivity contribution in [1.82, 2.24) is 0 Å². The Morgan fingerprint density at radius 3 is 2.25 bits per heavy atom. The Kier molecular flexibility index (Phi) is 5.06. The lowest BCUT2D eigenvalue weighted by molar-refractivity contribution is -0.137. The standard InChI is InChI=1S/C6H14O5Si/c1-9-12(3,10-2)11-5-4-6(7)8/h4-5H2,1-3H3,(H,7,8). The predicted molar refractivity (Wildman–Crippen MR) is 43.8 cm³/mol. The van der Waals surface area contributed by atoms with Crippen molar-refractivity contribution in [3.05, 3.63) is 0 Å². The topological polar surface area (TPSA) is 65.0 Å². The molecular weight excluding hydrogens is 180 g/mol. The van der Waals surface area contributed by atoms with Gasteiger partial charge in [-0.3, -0.25) is 4.79 Å². The molecule has 0 fully saturated rings. The average Bonchev–Trinajstić information content (AvgIpc) is 2.03. The zero-order valence-electron chi connectivity index (χ0n) is 7.49. The van der Waals surface area contributed by atoms with Crippen molar-refractivity contribution in [2.75, 3.05) is 20.8 Å². The zero-order chi connectivity index (χ0) is 9.61. The van der Waals surface area contributed by atoms with Crippen LogP contribution in [0.3, 0.4) is 0 Å². The van der Waals surface area contributed by atoms with Crippen LogP contribution in [0.4, 0.5) is 0 Å². The lowest BCUT2D eigenvalue weighted by atomic mass is 10.5. The van der Waals surface area contributed by atoms with Gasteiger partial charge in [0.15, 0.2) is 0 Å². The second-order valence-electron chi connectivity index (χ2n) is 2.26. The van der Waals surface area contributed by atoms with Gasteiger partial charge in [-0.25, -0.2) is 0 Å². The molecule has 0 aromatic rings. The van der Waals surface area contributed by atoms with E-state index in [9.17, 15) is 4.79 Å². The molecule has 0 aliphatic carbocycles. The molecule has 0 spiro atoms. The summed E-state index contributed by atoms with van der Waals surface area (Å²) in [6.45, 7) is 1.83. The van der Waals surface area contributed by atoms with E-state index in [1.165, 1.54) is 14.2 Å². The lowest BCUT2D eigenvalue weighted by Crippen LogP contribution is -2.40. The van der Waals surface area contributed by atoms with Crippen molar-refractivity contribution in [3.63, 3.8) is 0 Å². The summed E-state index contributed by atoms with van der Waals surface area (Å²) in [7, 11) is 0.438. The maximum atomic E-state index is 10.1. The fourth-order valence-corrected chi connectivity index (χ4v) is 1.40. The summed E-state index contributed by atoms with van der Waals surface area (Å²) in [4.78, 5) is 10.1. The molecule has 0 rings (SSSR count). The number of carboxylic acid groups (broad SMARTS) is 1. The molecule has 0 saturated heterocycles. The van der Waals surface area contributed by atoms with Crippen LogP contribution in [0.15, 0.2) is 0 Å². The van der Waals surface area contributed by atoms with Crippen molar-refractivity contribution in [1.29, 1.82) is 0 Å². The van der Waals surface area contributed by atoms with Gasteiger partial charge in [-0.2, -0.15) is 0 Å². The molecule has 1 N–H and O–H groups in total. The minimum absolute atomic E-state index is 0.0324. The molecule has 72 valence electrons. The van der Waals surface area contributed by atoms with E-state index in [1.54, 1.807) is 6.55 Å². The molecule has 0 radical (unpaired) electrons. The van der Waals surface area contributed by atoms with E-state index in [4.69, 9.17) is 18.4 Å². The Labute approximate surface area is 72.6 Å². The maximum absolute atomic E-state index is 10.1. The van der Waals surface area contributed by atoms with Crippen molar-refractivity contribution in [2.45, 2.75) is 13.0 Å². The van der Waals surface area contributed by atoms with Gasteiger partial charge < -0.3 is 18.4 Å². The van der Waals surface area contributed by atoms with E-state index in [2.05, 4.69) is 0 Å². The monoisotopic (exact) mass is 194 g/mol. The summed E-state index contributed by atoms with van der Waals surface area (Å²) in [6.07, 6.45) is -0.0324. The van der Waals surface area contributed by atoms with Gasteiger partial charge in [0.2, 0.25) is 0 Å². The molecule has 0 aliphatic rings. The summed E-state index contributed by atoms with van der Waals surface area (Å²) >= 11 is 0. The summed E-state index contributed by atoms with van der Waals surface area (Å²) in [5, 5.41) is 8.31. The second-order valence-corrected chi connectivity index (χ2v) is 5.09. The molecule has 0 saturated carbocycles. The SMILES string of the molecule is CO[Si](C)(OC)OCCC(=O)O. The van der Waals surface area contributed by atoms with Crippen LogP contribution in [-0.4, -0.2) is 40.7 Å². The first-order valence-electron chi connectivity index (χ1n) is 3.50. The van der Waals surface area contributed by atoms with Gasteiger partial charge in [-0.1, -0.05) is 0 Å². The van der Waals surface area contributed by atoms with Crippen molar-refractivity contribution in [2.24, 2.45) is 0 Å². The first-order chi connectivity index (χ1) is 5.54. The number of rotatable bonds is 6. The average molecular weight is 194 g/mol. The van der Waals surface area contributed by atoms with Crippen LogP contribution < -0.4 is 0 Å². The minimum Gasteiger partial charge on any atom is -0.481 e. The van der Waals surface area contributed by atoms with Crippen molar-refractivity contribution in [3.8, 4) is 0 Å². The van der Waals surface area contributed by atoms with Crippen LogP contribution in [0.2, 0.25) is 6.55 Å². The third-order valence-corrected chi connectivity index (χ3v) is 3.63. The molecule has 0 bridgehead atoms. The molecule has 0 heterocycles. The van der Waals surface area contributed by atoms with Gasteiger partial charge in [0.25, 0.3) is 0 Å². The highest BCUT2D eigenvalue weighted by atomic mass is 28.4. The number of hydrogen-bond donors (Lipinski definition) is 1. The molecule has 0 atom stereocenters. The Morgan fingerprint density at radius 1 is 1.42 bits per heavy atom. The number of hydrogen-bond acceptors (Lipinski definition) is 4. The van der Waals surface area contributed by atoms with E-state index in [0.29, 0.717) is 0 Å². The number of carbonyl (C=O) groups is 1. The normalized spacial score (nSPS) is 11.6. The lowest BCUT2D eigenvalue weighted by Gasteiger charge is -2.21. The Bertz CT molecular complexity index is 145. The van der Waals surface area contributed by atoms with Crippen molar-refractivity contribution >= 4 is 14.8 Å². The Morgan fingerprint density at radius 2 is 1.92 bits per heavy atom. The van der Waals surface area contributed by atoms with Gasteiger partial charge in [0.1, 0.15) is 0 Å². The van der Waals surface area contributed by atoms with Crippen LogP contribution in [0.1, 0.15) is 6.42 Å². The molecule has 6 heteroatoms. The molecule has 0 unspecified atom stereocenters. The highest BCUT2D eigenvalue weighted by Gasteiger charge is 2.31. The largest absolute Gasteiger partial charge is 0.497 e. The minimum atomic E-state index is -2.53. The zero-order valence-corrected chi connectivity index (χ0v) is 8.49. The third kappa shape index (κ3) is 4.45. The number of aliphatic carboxylic acids is 1. The van der Waals surface area contributed by atoms with Crippen LogP contribution in [0.5, 0.6) is 0 Å². The van der Waals surface area contributed by atoms with Gasteiger partial charge in [-0.15, -0.1) is 0 Å². The van der Waals surface area contributed by atoms with E-state index in [-0.39, 0.29) is 13.0 Å². The molecule has 12 heavy (non-hydrogen) atoms. The van der Waals surface area contributed by atoms with Crippen molar-refractivity contribution < 1.29 is 23.2 Å². The predicted octanol–water partition coefficient (Wildman–Crippen LogP) is 0.339. The third-order valence-electron chi connectivity index (χ3n) is 1.42. The molecule has 0 aromatic heterocycles. The summed E-state index contributed by atoms with van der Waals surface area (Å²) in [5.41, 5.74) is 0. The number of carboxylic acids is 1. The van der Waals surface area contributed by atoms with E-state index >= 15 is 0 Å². The van der Waals surface area contributed by atoms with E-state index in [0.717, 1.165) is 0 Å². The van der Waals surface area contributed by atoms with Crippen LogP contribution >= 0.6 is 0 Å². The summed E-state index contributed by atoms with van der Waals surface area (Å²) < 4.78 is 15.1. The highest BCUT2D eigenvalue weighted by Crippen LogP contribution is 2.06. The van der Waals surface area contributed by atoms with Gasteiger partial charge >= 0.3 is 14.8 Å². The fraction of sp³-hybridized carbons (Fsp3) is 0.833. The van der Waals surface area contributed by atoms with Crippen LogP contribution in [0, 0.1) is 0 Å². The van der Waals surface area contributed by atoms with Crippen LogP contribution in [-0.2, 0) is 18.1 Å². The van der Waals surface area contributed by atoms with Gasteiger partial charge in [-0.05, 0) is 0 Å². The molecule has 5 nitrogen and oxygen atoms in total. The van der Waals surface area contributed by atoms with E-state index < -0.39 is 14.8 Å². The van der Waals surface area contributed by atoms with E-state index in [1.807, 2.05) is 0 Å². The summed E-state index contributed by atoms with van der Waals surface area (Å²) in [5.74, 6) is -0.890. The fourth-order valence-electron chi connectivity index (χ4n) is 0.525. The Balaban J connectivity index is 3.65. The smallest absolute Gasteiger partial charge is 0.481 e. The molecule has 0 amide bonds. The molecule has 0 aromatic carbocycles. The first-order valence-corrected chi connectivity index (χ1v) is 5.72. The van der Waals surface area contributed by atoms with Gasteiger partial charge in [0, 0.05) is 27.4 Å². The van der Waals surface area contributed by atoms with Gasteiger partial charge in [0.05, 0.1) is 6.42 Å². The quantitative estimate of drug-likeness (QED) is 0.618. The first kappa shape index (κ1) is 11.6. The maximum Gasteiger partial charge on any atom is 0.497 e. The second kappa shape index (κ2) is 5.25.